The van der Waals surface area contributed by atoms with E-state index < -0.39 is 11.5 Å². The first-order valence-corrected chi connectivity index (χ1v) is 5.53. The Bertz CT molecular complexity index is 427. The van der Waals surface area contributed by atoms with Crippen LogP contribution < -0.4 is 11.5 Å². The average Bonchev–Trinajstić information content (AvgIpc) is 2.28. The normalized spacial score (nSPS) is 13.8. The lowest BCUT2D eigenvalue weighted by Crippen LogP contribution is -2.47. The maximum absolute atomic E-state index is 11.4. The van der Waals surface area contributed by atoms with Gasteiger partial charge in [0, 0.05) is 12.0 Å². The van der Waals surface area contributed by atoms with Gasteiger partial charge in [-0.25, -0.2) is 0 Å². The van der Waals surface area contributed by atoms with Crippen molar-refractivity contribution in [2.45, 2.75) is 18.9 Å². The molecule has 0 aliphatic carbocycles. The zero-order valence-electron chi connectivity index (χ0n) is 9.90. The second-order valence-corrected chi connectivity index (χ2v) is 4.59. The Hall–Kier alpha value is -1.46. The minimum absolute atomic E-state index is 0.347. The van der Waals surface area contributed by atoms with Gasteiger partial charge in [-0.05, 0) is 12.5 Å². The highest BCUT2D eigenvalue weighted by Crippen LogP contribution is 2.13. The summed E-state index contributed by atoms with van der Waals surface area (Å²) in [5, 5.41) is 0. The van der Waals surface area contributed by atoms with Gasteiger partial charge >= 0.3 is 5.97 Å². The van der Waals surface area contributed by atoms with E-state index in [0.717, 1.165) is 11.1 Å². The molecular formula is C12H16N2O2S. The fourth-order valence-corrected chi connectivity index (χ4v) is 1.65. The SMILES string of the molecule is COC(=O)[C@@](C)(N)Cc1ccc(C(N)=S)cc1. The van der Waals surface area contributed by atoms with Crippen molar-refractivity contribution < 1.29 is 9.53 Å². The highest BCUT2D eigenvalue weighted by Gasteiger charge is 2.29. The van der Waals surface area contributed by atoms with Gasteiger partial charge in [-0.2, -0.15) is 0 Å². The maximum Gasteiger partial charge on any atom is 0.325 e. The van der Waals surface area contributed by atoms with E-state index in [-0.39, 0.29) is 0 Å². The molecule has 0 spiro atoms. The fraction of sp³-hybridized carbons (Fsp3) is 0.333. The average molecular weight is 252 g/mol. The standard InChI is InChI=1S/C12H16N2O2S/c1-12(14,11(15)16-2)7-8-3-5-9(6-4-8)10(13)17/h3-6H,7,14H2,1-2H3,(H2,13,17)/t12-/m0/s1. The van der Waals surface area contributed by atoms with E-state index in [1.54, 1.807) is 6.92 Å². The number of methoxy groups -OCH3 is 1. The fourth-order valence-electron chi connectivity index (χ4n) is 1.52. The van der Waals surface area contributed by atoms with Crippen LogP contribution in [-0.2, 0) is 16.0 Å². The highest BCUT2D eigenvalue weighted by molar-refractivity contribution is 7.80. The van der Waals surface area contributed by atoms with E-state index in [0.29, 0.717) is 11.4 Å². The molecule has 0 unspecified atom stereocenters. The van der Waals surface area contributed by atoms with Crippen LogP contribution in [0.4, 0.5) is 0 Å². The molecule has 0 aliphatic rings. The van der Waals surface area contributed by atoms with Gasteiger partial charge in [0.05, 0.1) is 7.11 Å². The summed E-state index contributed by atoms with van der Waals surface area (Å²) in [5.74, 6) is -0.434. The lowest BCUT2D eigenvalue weighted by Gasteiger charge is -2.21. The third kappa shape index (κ3) is 3.51. The molecule has 4 nitrogen and oxygen atoms in total. The molecule has 1 aromatic carbocycles. The number of benzene rings is 1. The molecule has 4 N–H and O–H groups in total. The Kier molecular flexibility index (Phi) is 4.20. The summed E-state index contributed by atoms with van der Waals surface area (Å²) in [6.45, 7) is 1.64. The van der Waals surface area contributed by atoms with Gasteiger partial charge < -0.3 is 16.2 Å². The van der Waals surface area contributed by atoms with Gasteiger partial charge in [0.1, 0.15) is 10.5 Å². The number of ether oxygens (including phenoxy) is 1. The first-order chi connectivity index (χ1) is 7.86. The molecule has 0 saturated carbocycles. The van der Waals surface area contributed by atoms with E-state index >= 15 is 0 Å². The Morgan fingerprint density at radius 1 is 1.41 bits per heavy atom. The predicted molar refractivity (Wildman–Crippen MR) is 70.6 cm³/mol. The molecule has 5 heteroatoms. The van der Waals surface area contributed by atoms with E-state index in [1.165, 1.54) is 7.11 Å². The summed E-state index contributed by atoms with van der Waals surface area (Å²) in [6, 6.07) is 7.32. The summed E-state index contributed by atoms with van der Waals surface area (Å²) in [5.41, 5.74) is 12.1. The smallest absolute Gasteiger partial charge is 0.325 e. The molecular weight excluding hydrogens is 236 g/mol. The highest BCUT2D eigenvalue weighted by atomic mass is 32.1. The Labute approximate surface area is 106 Å². The molecule has 0 saturated heterocycles. The van der Waals surface area contributed by atoms with Gasteiger partial charge in [-0.1, -0.05) is 36.5 Å². The Morgan fingerprint density at radius 2 is 1.94 bits per heavy atom. The molecule has 0 radical (unpaired) electrons. The minimum Gasteiger partial charge on any atom is -0.468 e. The number of carbonyl (C=O) groups excluding carboxylic acids is 1. The molecule has 0 aliphatic heterocycles. The van der Waals surface area contributed by atoms with E-state index in [2.05, 4.69) is 4.74 Å². The van der Waals surface area contributed by atoms with Crippen molar-refractivity contribution in [2.75, 3.05) is 7.11 Å². The predicted octanol–water partition coefficient (Wildman–Crippen LogP) is 0.754. The molecule has 1 rings (SSSR count). The van der Waals surface area contributed by atoms with Crippen molar-refractivity contribution in [3.63, 3.8) is 0 Å². The van der Waals surface area contributed by atoms with Crippen LogP contribution in [0.5, 0.6) is 0 Å². The zero-order valence-corrected chi connectivity index (χ0v) is 10.7. The third-order valence-corrected chi connectivity index (χ3v) is 2.70. The van der Waals surface area contributed by atoms with Crippen LogP contribution in [0.1, 0.15) is 18.1 Å². The van der Waals surface area contributed by atoms with Gasteiger partial charge in [0.15, 0.2) is 0 Å². The van der Waals surface area contributed by atoms with Crippen molar-refractivity contribution in [3.05, 3.63) is 35.4 Å². The Balaban J connectivity index is 2.82. The van der Waals surface area contributed by atoms with Crippen LogP contribution in [0, 0.1) is 0 Å². The van der Waals surface area contributed by atoms with Crippen molar-refractivity contribution in [1.29, 1.82) is 0 Å². The van der Waals surface area contributed by atoms with E-state index in [4.69, 9.17) is 23.7 Å². The number of nitrogens with two attached hydrogens (primary N) is 2. The monoisotopic (exact) mass is 252 g/mol. The molecule has 0 heterocycles. The summed E-state index contributed by atoms with van der Waals surface area (Å²) < 4.78 is 4.64. The third-order valence-electron chi connectivity index (χ3n) is 2.46. The second kappa shape index (κ2) is 5.25. The molecule has 92 valence electrons. The minimum atomic E-state index is -1.03. The summed E-state index contributed by atoms with van der Waals surface area (Å²) >= 11 is 4.85. The Morgan fingerprint density at radius 3 is 2.35 bits per heavy atom. The molecule has 0 amide bonds. The van der Waals surface area contributed by atoms with Crippen LogP contribution >= 0.6 is 12.2 Å². The molecule has 1 aromatic rings. The largest absolute Gasteiger partial charge is 0.468 e. The second-order valence-electron chi connectivity index (χ2n) is 4.15. The zero-order chi connectivity index (χ0) is 13.1. The lowest BCUT2D eigenvalue weighted by atomic mass is 9.93. The van der Waals surface area contributed by atoms with Gasteiger partial charge in [-0.15, -0.1) is 0 Å². The topological polar surface area (TPSA) is 78.3 Å². The van der Waals surface area contributed by atoms with E-state index in [9.17, 15) is 4.79 Å². The van der Waals surface area contributed by atoms with Crippen LogP contribution in [-0.4, -0.2) is 23.6 Å². The quantitative estimate of drug-likeness (QED) is 0.611. The van der Waals surface area contributed by atoms with Gasteiger partial charge in [-0.3, -0.25) is 4.79 Å². The van der Waals surface area contributed by atoms with Crippen molar-refractivity contribution in [3.8, 4) is 0 Å². The van der Waals surface area contributed by atoms with Crippen LogP contribution in [0.3, 0.4) is 0 Å². The number of hydrogen-bond acceptors (Lipinski definition) is 4. The molecule has 17 heavy (non-hydrogen) atoms. The molecule has 0 aromatic heterocycles. The van der Waals surface area contributed by atoms with Crippen LogP contribution in [0.25, 0.3) is 0 Å². The molecule has 0 fully saturated rings. The first-order valence-electron chi connectivity index (χ1n) is 5.13. The van der Waals surface area contributed by atoms with Crippen LogP contribution in [0.15, 0.2) is 24.3 Å². The molecule has 1 atom stereocenters. The lowest BCUT2D eigenvalue weighted by molar-refractivity contribution is -0.146. The van der Waals surface area contributed by atoms with Crippen molar-refractivity contribution >= 4 is 23.2 Å². The van der Waals surface area contributed by atoms with Crippen LogP contribution in [0.2, 0.25) is 0 Å². The summed E-state index contributed by atoms with van der Waals surface area (Å²) in [6.07, 6.45) is 0.400. The van der Waals surface area contributed by atoms with Gasteiger partial charge in [0.25, 0.3) is 0 Å². The number of carbonyl (C=O) groups is 1. The summed E-state index contributed by atoms with van der Waals surface area (Å²) in [7, 11) is 1.32. The maximum atomic E-state index is 11.4. The molecule has 0 bridgehead atoms. The number of thiocarbonyl (C=S) groups is 1. The van der Waals surface area contributed by atoms with Crippen molar-refractivity contribution in [2.24, 2.45) is 11.5 Å². The number of hydrogen-bond donors (Lipinski definition) is 2. The van der Waals surface area contributed by atoms with E-state index in [1.807, 2.05) is 24.3 Å². The summed E-state index contributed by atoms with van der Waals surface area (Å²) in [4.78, 5) is 11.8. The first kappa shape index (κ1) is 13.6. The van der Waals surface area contributed by atoms with Crippen molar-refractivity contribution in [1.82, 2.24) is 0 Å². The van der Waals surface area contributed by atoms with Gasteiger partial charge in [0.2, 0.25) is 0 Å². The number of esters is 1. The number of rotatable bonds is 4.